The third kappa shape index (κ3) is 1.81. The zero-order chi connectivity index (χ0) is 13.0. The Morgan fingerprint density at radius 3 is 2.50 bits per heavy atom. The molecule has 2 unspecified atom stereocenters. The first kappa shape index (κ1) is 12.0. The van der Waals surface area contributed by atoms with Gasteiger partial charge in [0.25, 0.3) is 0 Å². The van der Waals surface area contributed by atoms with Gasteiger partial charge in [-0.3, -0.25) is 4.79 Å². The second kappa shape index (κ2) is 3.71. The Morgan fingerprint density at radius 2 is 2.00 bits per heavy atom. The fraction of sp³-hybridized carbons (Fsp3) is 0.857. The third-order valence-electron chi connectivity index (χ3n) is 5.07. The van der Waals surface area contributed by atoms with Crippen LogP contribution in [0.25, 0.3) is 0 Å². The summed E-state index contributed by atoms with van der Waals surface area (Å²) < 4.78 is 5.67. The molecule has 1 saturated heterocycles. The summed E-state index contributed by atoms with van der Waals surface area (Å²) in [4.78, 5) is 13.9. The van der Waals surface area contributed by atoms with Gasteiger partial charge in [0, 0.05) is 24.9 Å². The predicted molar refractivity (Wildman–Crippen MR) is 65.5 cm³/mol. The SMILES string of the molecule is CC1(OCCC(=O)N2CC3C(C2)C3(C)C#N)CC1. The summed E-state index contributed by atoms with van der Waals surface area (Å²) in [7, 11) is 0. The number of nitriles is 1. The van der Waals surface area contributed by atoms with Crippen molar-refractivity contribution in [2.45, 2.75) is 38.7 Å². The highest BCUT2D eigenvalue weighted by atomic mass is 16.5. The molecule has 3 rings (SSSR count). The van der Waals surface area contributed by atoms with Gasteiger partial charge in [-0.1, -0.05) is 0 Å². The molecule has 4 nitrogen and oxygen atoms in total. The van der Waals surface area contributed by atoms with Crippen LogP contribution in [0.4, 0.5) is 0 Å². The molecule has 2 atom stereocenters. The van der Waals surface area contributed by atoms with Crippen LogP contribution in [0.3, 0.4) is 0 Å². The van der Waals surface area contributed by atoms with Crippen molar-refractivity contribution in [1.29, 1.82) is 5.26 Å². The average Bonchev–Trinajstić information content (AvgIpc) is 3.11. The van der Waals surface area contributed by atoms with Crippen molar-refractivity contribution in [3.8, 4) is 6.07 Å². The van der Waals surface area contributed by atoms with E-state index in [0.29, 0.717) is 24.9 Å². The molecule has 0 aromatic carbocycles. The van der Waals surface area contributed by atoms with Gasteiger partial charge in [-0.05, 0) is 26.7 Å². The van der Waals surface area contributed by atoms with E-state index in [1.54, 1.807) is 0 Å². The Labute approximate surface area is 108 Å². The number of hydrogen-bond acceptors (Lipinski definition) is 3. The summed E-state index contributed by atoms with van der Waals surface area (Å²) in [5, 5.41) is 9.06. The maximum absolute atomic E-state index is 12.0. The van der Waals surface area contributed by atoms with E-state index in [1.165, 1.54) is 0 Å². The monoisotopic (exact) mass is 248 g/mol. The summed E-state index contributed by atoms with van der Waals surface area (Å²) in [6, 6.07) is 2.39. The van der Waals surface area contributed by atoms with E-state index in [9.17, 15) is 4.79 Å². The van der Waals surface area contributed by atoms with Crippen LogP contribution >= 0.6 is 0 Å². The van der Waals surface area contributed by atoms with Crippen LogP contribution in [-0.4, -0.2) is 36.1 Å². The number of amides is 1. The first-order valence-electron chi connectivity index (χ1n) is 6.81. The quantitative estimate of drug-likeness (QED) is 0.758. The molecule has 0 aromatic rings. The molecule has 1 amide bonds. The molecule has 1 aliphatic heterocycles. The van der Waals surface area contributed by atoms with Gasteiger partial charge in [-0.2, -0.15) is 5.26 Å². The van der Waals surface area contributed by atoms with Crippen LogP contribution in [0.5, 0.6) is 0 Å². The van der Waals surface area contributed by atoms with Crippen LogP contribution in [-0.2, 0) is 9.53 Å². The summed E-state index contributed by atoms with van der Waals surface area (Å²) in [5.74, 6) is 1.01. The van der Waals surface area contributed by atoms with Crippen molar-refractivity contribution in [2.75, 3.05) is 19.7 Å². The molecule has 0 radical (unpaired) electrons. The fourth-order valence-electron chi connectivity index (χ4n) is 3.11. The smallest absolute Gasteiger partial charge is 0.224 e. The second-order valence-electron chi connectivity index (χ2n) is 6.45. The molecule has 3 aliphatic rings. The van der Waals surface area contributed by atoms with E-state index in [2.05, 4.69) is 13.0 Å². The van der Waals surface area contributed by atoms with Crippen molar-refractivity contribution in [1.82, 2.24) is 4.90 Å². The van der Waals surface area contributed by atoms with E-state index in [0.717, 1.165) is 25.9 Å². The molecule has 0 spiro atoms. The van der Waals surface area contributed by atoms with Crippen molar-refractivity contribution >= 4 is 5.91 Å². The maximum atomic E-state index is 12.0. The van der Waals surface area contributed by atoms with Crippen LogP contribution in [0.1, 0.15) is 33.1 Å². The number of likely N-dealkylation sites (tertiary alicyclic amines) is 1. The molecule has 1 heterocycles. The Balaban J connectivity index is 1.42. The molecular weight excluding hydrogens is 228 g/mol. The van der Waals surface area contributed by atoms with E-state index in [1.807, 2.05) is 11.8 Å². The second-order valence-corrected chi connectivity index (χ2v) is 6.45. The van der Waals surface area contributed by atoms with Gasteiger partial charge in [0.1, 0.15) is 0 Å². The van der Waals surface area contributed by atoms with Crippen LogP contribution in [0.2, 0.25) is 0 Å². The molecule has 2 aliphatic carbocycles. The number of carbonyl (C=O) groups is 1. The Hall–Kier alpha value is -1.08. The van der Waals surface area contributed by atoms with E-state index < -0.39 is 0 Å². The van der Waals surface area contributed by atoms with Gasteiger partial charge in [0.15, 0.2) is 0 Å². The van der Waals surface area contributed by atoms with Crippen molar-refractivity contribution in [3.63, 3.8) is 0 Å². The highest BCUT2D eigenvalue weighted by molar-refractivity contribution is 5.77. The van der Waals surface area contributed by atoms with Crippen molar-refractivity contribution in [2.24, 2.45) is 17.3 Å². The molecule has 4 heteroatoms. The fourth-order valence-corrected chi connectivity index (χ4v) is 3.11. The van der Waals surface area contributed by atoms with Gasteiger partial charge in [-0.25, -0.2) is 0 Å². The lowest BCUT2D eigenvalue weighted by Crippen LogP contribution is -2.34. The summed E-state index contributed by atoms with van der Waals surface area (Å²) >= 11 is 0. The number of piperidine rings is 1. The average molecular weight is 248 g/mol. The lowest BCUT2D eigenvalue weighted by molar-refractivity contribution is -0.132. The normalized spacial score (nSPS) is 39.1. The topological polar surface area (TPSA) is 53.3 Å². The summed E-state index contributed by atoms with van der Waals surface area (Å²) in [6.07, 6.45) is 2.73. The number of rotatable bonds is 4. The summed E-state index contributed by atoms with van der Waals surface area (Å²) in [6.45, 7) is 6.19. The molecule has 0 bridgehead atoms. The Morgan fingerprint density at radius 1 is 1.39 bits per heavy atom. The van der Waals surface area contributed by atoms with Crippen molar-refractivity contribution in [3.05, 3.63) is 0 Å². The lowest BCUT2D eigenvalue weighted by Gasteiger charge is -2.21. The highest BCUT2D eigenvalue weighted by Crippen LogP contribution is 2.61. The first-order valence-corrected chi connectivity index (χ1v) is 6.81. The minimum absolute atomic E-state index is 0.0623. The first-order chi connectivity index (χ1) is 8.48. The molecule has 18 heavy (non-hydrogen) atoms. The van der Waals surface area contributed by atoms with Crippen LogP contribution in [0.15, 0.2) is 0 Å². The number of nitrogens with zero attached hydrogens (tertiary/aromatic N) is 2. The minimum atomic E-state index is -0.158. The largest absolute Gasteiger partial charge is 0.375 e. The number of hydrogen-bond donors (Lipinski definition) is 0. The van der Waals surface area contributed by atoms with Crippen LogP contribution in [0, 0.1) is 28.6 Å². The lowest BCUT2D eigenvalue weighted by atomic mass is 10.1. The van der Waals surface area contributed by atoms with E-state index in [-0.39, 0.29) is 16.9 Å². The molecule has 0 N–H and O–H groups in total. The molecular formula is C14H20N2O2. The molecule has 2 saturated carbocycles. The van der Waals surface area contributed by atoms with E-state index >= 15 is 0 Å². The van der Waals surface area contributed by atoms with Gasteiger partial charge >= 0.3 is 0 Å². The zero-order valence-electron chi connectivity index (χ0n) is 11.1. The minimum Gasteiger partial charge on any atom is -0.375 e. The molecule has 3 fully saturated rings. The number of ether oxygens (including phenoxy) is 1. The predicted octanol–water partition coefficient (Wildman–Crippen LogP) is 1.56. The standard InChI is InChI=1S/C14H20N2O2/c1-13(4-5-13)18-6-3-12(17)16-7-10-11(8-16)14(10,2)9-15/h10-11H,3-8H2,1-2H3. The highest BCUT2D eigenvalue weighted by Gasteiger charge is 2.66. The van der Waals surface area contributed by atoms with E-state index in [4.69, 9.17) is 10.00 Å². The molecule has 98 valence electrons. The van der Waals surface area contributed by atoms with Crippen LogP contribution < -0.4 is 0 Å². The number of fused-ring (bicyclic) bond motifs is 1. The maximum Gasteiger partial charge on any atom is 0.224 e. The Bertz CT molecular complexity index is 410. The Kier molecular flexibility index (Phi) is 2.47. The molecule has 0 aromatic heterocycles. The van der Waals surface area contributed by atoms with Crippen molar-refractivity contribution < 1.29 is 9.53 Å². The van der Waals surface area contributed by atoms with Gasteiger partial charge in [0.2, 0.25) is 5.91 Å². The van der Waals surface area contributed by atoms with Gasteiger partial charge in [-0.15, -0.1) is 0 Å². The third-order valence-corrected chi connectivity index (χ3v) is 5.07. The van der Waals surface area contributed by atoms with Gasteiger partial charge in [0.05, 0.1) is 30.1 Å². The number of carbonyl (C=O) groups excluding carboxylic acids is 1. The zero-order valence-corrected chi connectivity index (χ0v) is 11.1. The summed E-state index contributed by atoms with van der Waals surface area (Å²) in [5.41, 5.74) is -0.0957. The van der Waals surface area contributed by atoms with Gasteiger partial charge < -0.3 is 9.64 Å².